The maximum Gasteiger partial charge on any atom is 0.320 e. The van der Waals surface area contributed by atoms with Crippen molar-refractivity contribution in [3.8, 4) is 0 Å². The summed E-state index contributed by atoms with van der Waals surface area (Å²) < 4.78 is 5.44. The number of hydrogen-bond acceptors (Lipinski definition) is 4. The van der Waals surface area contributed by atoms with Gasteiger partial charge in [-0.25, -0.2) is 0 Å². The van der Waals surface area contributed by atoms with Crippen LogP contribution in [0.3, 0.4) is 0 Å². The summed E-state index contributed by atoms with van der Waals surface area (Å²) >= 11 is 0. The number of nitrogens with one attached hydrogen (secondary N) is 1. The first-order valence-electron chi connectivity index (χ1n) is 5.93. The van der Waals surface area contributed by atoms with E-state index in [1.54, 1.807) is 0 Å². The molecule has 0 bridgehead atoms. The zero-order valence-corrected chi connectivity index (χ0v) is 10.1. The predicted molar refractivity (Wildman–Crippen MR) is 61.6 cm³/mol. The third-order valence-electron chi connectivity index (χ3n) is 2.81. The molecule has 5 nitrogen and oxygen atoms in total. The summed E-state index contributed by atoms with van der Waals surface area (Å²) in [6.45, 7) is 8.04. The molecule has 94 valence electrons. The Morgan fingerprint density at radius 3 is 3.00 bits per heavy atom. The van der Waals surface area contributed by atoms with Crippen LogP contribution in [-0.4, -0.2) is 60.9 Å². The second-order valence-corrected chi connectivity index (χ2v) is 4.22. The lowest BCUT2D eigenvalue weighted by atomic mass is 10.2. The molecule has 1 aliphatic rings. The highest BCUT2D eigenvalue weighted by atomic mass is 16.5. The highest BCUT2D eigenvalue weighted by Gasteiger charge is 2.20. The third kappa shape index (κ3) is 4.47. The molecule has 0 aromatic carbocycles. The normalized spacial score (nSPS) is 24.2. The van der Waals surface area contributed by atoms with Gasteiger partial charge in [-0.15, -0.1) is 0 Å². The quantitative estimate of drug-likeness (QED) is 0.680. The lowest BCUT2D eigenvalue weighted by Crippen LogP contribution is -2.45. The molecule has 1 heterocycles. The molecule has 2 unspecified atom stereocenters. The molecule has 2 atom stereocenters. The average Bonchev–Trinajstić information content (AvgIpc) is 2.24. The van der Waals surface area contributed by atoms with E-state index in [-0.39, 0.29) is 6.10 Å². The van der Waals surface area contributed by atoms with Crippen LogP contribution in [0.4, 0.5) is 0 Å². The maximum atomic E-state index is 10.9. The number of carbonyl (C=O) groups is 1. The van der Waals surface area contributed by atoms with Gasteiger partial charge in [-0.3, -0.25) is 9.69 Å². The first-order chi connectivity index (χ1) is 7.63. The number of aliphatic carboxylic acids is 1. The molecule has 0 amide bonds. The van der Waals surface area contributed by atoms with Crippen LogP contribution < -0.4 is 5.32 Å². The van der Waals surface area contributed by atoms with E-state index in [1.165, 1.54) is 0 Å². The number of carboxylic acids is 1. The van der Waals surface area contributed by atoms with Gasteiger partial charge in [-0.2, -0.15) is 0 Å². The lowest BCUT2D eigenvalue weighted by molar-refractivity contribution is -0.139. The lowest BCUT2D eigenvalue weighted by Gasteiger charge is -2.31. The molecule has 1 rings (SSSR count). The first kappa shape index (κ1) is 13.4. The molecule has 0 saturated carbocycles. The van der Waals surface area contributed by atoms with Crippen LogP contribution in [0.25, 0.3) is 0 Å². The monoisotopic (exact) mass is 230 g/mol. The van der Waals surface area contributed by atoms with Gasteiger partial charge < -0.3 is 15.2 Å². The number of rotatable bonds is 6. The Morgan fingerprint density at radius 1 is 1.69 bits per heavy atom. The minimum atomic E-state index is -0.761. The van der Waals surface area contributed by atoms with Crippen LogP contribution in [0.2, 0.25) is 0 Å². The Kier molecular flexibility index (Phi) is 5.73. The van der Waals surface area contributed by atoms with Crippen molar-refractivity contribution >= 4 is 5.97 Å². The minimum Gasteiger partial charge on any atom is -0.480 e. The molecule has 1 fully saturated rings. The first-order valence-corrected chi connectivity index (χ1v) is 5.93. The van der Waals surface area contributed by atoms with Gasteiger partial charge in [0.2, 0.25) is 0 Å². The highest BCUT2D eigenvalue weighted by Crippen LogP contribution is 2.06. The van der Waals surface area contributed by atoms with Crippen LogP contribution in [0, 0.1) is 0 Å². The molecule has 0 aliphatic carbocycles. The fourth-order valence-electron chi connectivity index (χ4n) is 1.96. The van der Waals surface area contributed by atoms with Crippen molar-refractivity contribution in [2.24, 2.45) is 0 Å². The zero-order valence-electron chi connectivity index (χ0n) is 10.1. The van der Waals surface area contributed by atoms with Crippen LogP contribution >= 0.6 is 0 Å². The zero-order chi connectivity index (χ0) is 12.0. The van der Waals surface area contributed by atoms with E-state index in [2.05, 4.69) is 10.2 Å². The molecular formula is C11H22N2O3. The largest absolute Gasteiger partial charge is 0.480 e. The Labute approximate surface area is 96.8 Å². The molecule has 16 heavy (non-hydrogen) atoms. The standard InChI is InChI=1S/C11H22N2O3/c1-3-12-10(11(14)15)4-5-13-6-7-16-9(2)8-13/h9-10,12H,3-8H2,1-2H3,(H,14,15). The Hall–Kier alpha value is -0.650. The smallest absolute Gasteiger partial charge is 0.320 e. The molecular weight excluding hydrogens is 208 g/mol. The Balaban J connectivity index is 2.28. The van der Waals surface area contributed by atoms with E-state index >= 15 is 0 Å². The summed E-state index contributed by atoms with van der Waals surface area (Å²) in [5.74, 6) is -0.761. The molecule has 0 aromatic heterocycles. The van der Waals surface area contributed by atoms with Crippen molar-refractivity contribution in [3.05, 3.63) is 0 Å². The molecule has 0 spiro atoms. The van der Waals surface area contributed by atoms with Crippen LogP contribution in [0.5, 0.6) is 0 Å². The summed E-state index contributed by atoms with van der Waals surface area (Å²) in [5, 5.41) is 12.0. The van der Waals surface area contributed by atoms with E-state index in [1.807, 2.05) is 13.8 Å². The fraction of sp³-hybridized carbons (Fsp3) is 0.909. The summed E-state index contributed by atoms with van der Waals surface area (Å²) in [5.41, 5.74) is 0. The van der Waals surface area contributed by atoms with E-state index in [0.29, 0.717) is 13.0 Å². The van der Waals surface area contributed by atoms with Crippen LogP contribution in [-0.2, 0) is 9.53 Å². The number of likely N-dealkylation sites (N-methyl/N-ethyl adjacent to an activating group) is 1. The summed E-state index contributed by atoms with van der Waals surface area (Å²) in [6.07, 6.45) is 0.909. The number of hydrogen-bond donors (Lipinski definition) is 2. The van der Waals surface area contributed by atoms with Crippen molar-refractivity contribution in [1.82, 2.24) is 10.2 Å². The Morgan fingerprint density at radius 2 is 2.44 bits per heavy atom. The van der Waals surface area contributed by atoms with Gasteiger partial charge in [0.05, 0.1) is 12.7 Å². The molecule has 0 aromatic rings. The van der Waals surface area contributed by atoms with E-state index in [4.69, 9.17) is 9.84 Å². The SMILES string of the molecule is CCNC(CCN1CCOC(C)C1)C(=O)O. The van der Waals surface area contributed by atoms with Gasteiger partial charge in [0, 0.05) is 19.6 Å². The van der Waals surface area contributed by atoms with Crippen molar-refractivity contribution in [3.63, 3.8) is 0 Å². The van der Waals surface area contributed by atoms with E-state index in [9.17, 15) is 4.79 Å². The molecule has 1 aliphatic heterocycles. The number of carboxylic acid groups (broad SMARTS) is 1. The second kappa shape index (κ2) is 6.83. The van der Waals surface area contributed by atoms with Crippen molar-refractivity contribution in [2.45, 2.75) is 32.4 Å². The van der Waals surface area contributed by atoms with Gasteiger partial charge in [-0.05, 0) is 19.9 Å². The highest BCUT2D eigenvalue weighted by molar-refractivity contribution is 5.73. The van der Waals surface area contributed by atoms with Crippen molar-refractivity contribution in [1.29, 1.82) is 0 Å². The van der Waals surface area contributed by atoms with Gasteiger partial charge in [-0.1, -0.05) is 6.92 Å². The maximum absolute atomic E-state index is 10.9. The summed E-state index contributed by atoms with van der Waals surface area (Å²) in [6, 6.07) is -0.428. The van der Waals surface area contributed by atoms with Gasteiger partial charge in [0.25, 0.3) is 0 Å². The van der Waals surface area contributed by atoms with E-state index in [0.717, 1.165) is 26.2 Å². The Bertz CT molecular complexity index is 223. The molecule has 2 N–H and O–H groups in total. The topological polar surface area (TPSA) is 61.8 Å². The molecule has 5 heteroatoms. The van der Waals surface area contributed by atoms with Crippen LogP contribution in [0.15, 0.2) is 0 Å². The summed E-state index contributed by atoms with van der Waals surface area (Å²) in [7, 11) is 0. The number of ether oxygens (including phenoxy) is 1. The third-order valence-corrected chi connectivity index (χ3v) is 2.81. The molecule has 1 saturated heterocycles. The predicted octanol–water partition coefficient (Wildman–Crippen LogP) is 0.160. The van der Waals surface area contributed by atoms with Gasteiger partial charge in [0.15, 0.2) is 0 Å². The van der Waals surface area contributed by atoms with E-state index < -0.39 is 12.0 Å². The van der Waals surface area contributed by atoms with Gasteiger partial charge in [0.1, 0.15) is 6.04 Å². The van der Waals surface area contributed by atoms with Gasteiger partial charge >= 0.3 is 5.97 Å². The minimum absolute atomic E-state index is 0.260. The van der Waals surface area contributed by atoms with Crippen molar-refractivity contribution < 1.29 is 14.6 Å². The second-order valence-electron chi connectivity index (χ2n) is 4.22. The van der Waals surface area contributed by atoms with Crippen LogP contribution in [0.1, 0.15) is 20.3 Å². The van der Waals surface area contributed by atoms with Crippen molar-refractivity contribution in [2.75, 3.05) is 32.8 Å². The summed E-state index contributed by atoms with van der Waals surface area (Å²) in [4.78, 5) is 13.2. The fourth-order valence-corrected chi connectivity index (χ4v) is 1.96. The number of nitrogens with zero attached hydrogens (tertiary/aromatic N) is 1. The number of morpholine rings is 1. The molecule has 0 radical (unpaired) electrons. The average molecular weight is 230 g/mol.